The second-order valence-electron chi connectivity index (χ2n) is 7.04. The third-order valence-corrected chi connectivity index (χ3v) is 4.96. The van der Waals surface area contributed by atoms with Gasteiger partial charge in [-0.25, -0.2) is 4.98 Å². The number of nitrogens with zero attached hydrogens (tertiary/aromatic N) is 2. The number of hydrogen-bond acceptors (Lipinski definition) is 3. The summed E-state index contributed by atoms with van der Waals surface area (Å²) < 4.78 is 2.19. The molecule has 124 valence electrons. The summed E-state index contributed by atoms with van der Waals surface area (Å²) in [6, 6.07) is 0.531. The lowest BCUT2D eigenvalue weighted by atomic mass is 9.87. The van der Waals surface area contributed by atoms with Crippen molar-refractivity contribution in [1.82, 2.24) is 9.55 Å². The Kier molecular flexibility index (Phi) is 6.00. The van der Waals surface area contributed by atoms with E-state index in [0.717, 1.165) is 11.6 Å². The lowest BCUT2D eigenvalue weighted by molar-refractivity contribution is -0.142. The minimum Gasteiger partial charge on any atom is -0.481 e. The lowest BCUT2D eigenvalue weighted by Crippen LogP contribution is -2.23. The Balaban J connectivity index is 1.96. The molecule has 22 heavy (non-hydrogen) atoms. The molecule has 1 aromatic rings. The SMILES string of the molecule is CC1CCC(n2cnc(C[C@@H](C[C@@H](C)CN)C(=O)O)c2)CC1. The fourth-order valence-electron chi connectivity index (χ4n) is 3.33. The van der Waals surface area contributed by atoms with Crippen molar-refractivity contribution in [2.24, 2.45) is 23.5 Å². The largest absolute Gasteiger partial charge is 0.481 e. The number of aliphatic carboxylic acids is 1. The first-order valence-corrected chi connectivity index (χ1v) is 8.44. The van der Waals surface area contributed by atoms with Crippen molar-refractivity contribution >= 4 is 5.97 Å². The van der Waals surface area contributed by atoms with E-state index in [0.29, 0.717) is 25.4 Å². The fraction of sp³-hybridized carbons (Fsp3) is 0.765. The van der Waals surface area contributed by atoms with Crippen molar-refractivity contribution in [3.05, 3.63) is 18.2 Å². The van der Waals surface area contributed by atoms with Gasteiger partial charge in [-0.1, -0.05) is 13.8 Å². The molecule has 0 aromatic carbocycles. The zero-order valence-electron chi connectivity index (χ0n) is 13.7. The molecule has 0 spiro atoms. The summed E-state index contributed by atoms with van der Waals surface area (Å²) in [6.07, 6.45) is 9.96. The zero-order valence-corrected chi connectivity index (χ0v) is 13.7. The van der Waals surface area contributed by atoms with Crippen molar-refractivity contribution in [1.29, 1.82) is 0 Å². The van der Waals surface area contributed by atoms with Gasteiger partial charge in [0.25, 0.3) is 0 Å². The molecule has 0 aliphatic heterocycles. The minimum absolute atomic E-state index is 0.225. The number of rotatable bonds is 7. The summed E-state index contributed by atoms with van der Waals surface area (Å²) in [6.45, 7) is 4.84. The number of carboxylic acid groups (broad SMARTS) is 1. The highest BCUT2D eigenvalue weighted by Crippen LogP contribution is 2.32. The van der Waals surface area contributed by atoms with Gasteiger partial charge < -0.3 is 15.4 Å². The van der Waals surface area contributed by atoms with E-state index in [-0.39, 0.29) is 5.92 Å². The maximum atomic E-state index is 11.4. The molecule has 1 heterocycles. The van der Waals surface area contributed by atoms with E-state index >= 15 is 0 Å². The van der Waals surface area contributed by atoms with Gasteiger partial charge in [0.05, 0.1) is 17.9 Å². The van der Waals surface area contributed by atoms with Gasteiger partial charge >= 0.3 is 5.97 Å². The van der Waals surface area contributed by atoms with Crippen LogP contribution >= 0.6 is 0 Å². The smallest absolute Gasteiger partial charge is 0.306 e. The quantitative estimate of drug-likeness (QED) is 0.811. The fourth-order valence-corrected chi connectivity index (χ4v) is 3.33. The Morgan fingerprint density at radius 1 is 1.45 bits per heavy atom. The molecule has 1 aromatic heterocycles. The van der Waals surface area contributed by atoms with Gasteiger partial charge in [-0.05, 0) is 50.5 Å². The first kappa shape index (κ1) is 17.0. The molecule has 0 amide bonds. The predicted molar refractivity (Wildman–Crippen MR) is 86.6 cm³/mol. The first-order chi connectivity index (χ1) is 10.5. The summed E-state index contributed by atoms with van der Waals surface area (Å²) >= 11 is 0. The normalized spacial score (nSPS) is 24.9. The number of nitrogens with two attached hydrogens (primary N) is 1. The highest BCUT2D eigenvalue weighted by Gasteiger charge is 2.23. The molecule has 0 unspecified atom stereocenters. The Bertz CT molecular complexity index is 478. The number of carboxylic acids is 1. The third kappa shape index (κ3) is 4.57. The highest BCUT2D eigenvalue weighted by molar-refractivity contribution is 5.70. The molecule has 0 saturated heterocycles. The second kappa shape index (κ2) is 7.77. The maximum Gasteiger partial charge on any atom is 0.306 e. The van der Waals surface area contributed by atoms with Crippen molar-refractivity contribution in [3.63, 3.8) is 0 Å². The number of aromatic nitrogens is 2. The van der Waals surface area contributed by atoms with Crippen LogP contribution in [-0.4, -0.2) is 27.2 Å². The van der Waals surface area contributed by atoms with Gasteiger partial charge in [0.15, 0.2) is 0 Å². The molecular weight excluding hydrogens is 278 g/mol. The predicted octanol–water partition coefficient (Wildman–Crippen LogP) is 2.86. The van der Waals surface area contributed by atoms with Crippen molar-refractivity contribution < 1.29 is 9.90 Å². The van der Waals surface area contributed by atoms with Crippen LogP contribution in [0.25, 0.3) is 0 Å². The van der Waals surface area contributed by atoms with Gasteiger partial charge in [-0.15, -0.1) is 0 Å². The molecule has 5 nitrogen and oxygen atoms in total. The zero-order chi connectivity index (χ0) is 16.1. The van der Waals surface area contributed by atoms with E-state index in [2.05, 4.69) is 16.5 Å². The average Bonchev–Trinajstić information content (AvgIpc) is 2.95. The molecule has 0 bridgehead atoms. The molecule has 1 saturated carbocycles. The van der Waals surface area contributed by atoms with Crippen LogP contribution in [0.2, 0.25) is 0 Å². The van der Waals surface area contributed by atoms with Crippen LogP contribution in [0.4, 0.5) is 0 Å². The van der Waals surface area contributed by atoms with Gasteiger partial charge in [0.2, 0.25) is 0 Å². The van der Waals surface area contributed by atoms with Crippen molar-refractivity contribution in [2.45, 2.75) is 58.4 Å². The Hall–Kier alpha value is -1.36. The van der Waals surface area contributed by atoms with Gasteiger partial charge in [-0.2, -0.15) is 0 Å². The van der Waals surface area contributed by atoms with E-state index in [1.165, 1.54) is 25.7 Å². The van der Waals surface area contributed by atoms with Crippen LogP contribution in [0.5, 0.6) is 0 Å². The topological polar surface area (TPSA) is 81.1 Å². The van der Waals surface area contributed by atoms with E-state index in [9.17, 15) is 9.90 Å². The van der Waals surface area contributed by atoms with E-state index in [1.54, 1.807) is 0 Å². The second-order valence-corrected chi connectivity index (χ2v) is 7.04. The molecule has 0 radical (unpaired) electrons. The number of hydrogen-bond donors (Lipinski definition) is 2. The molecule has 1 fully saturated rings. The van der Waals surface area contributed by atoms with Crippen molar-refractivity contribution in [2.75, 3.05) is 6.54 Å². The van der Waals surface area contributed by atoms with Crippen LogP contribution in [0.3, 0.4) is 0 Å². The summed E-state index contributed by atoms with van der Waals surface area (Å²) in [5, 5.41) is 9.39. The molecule has 2 atom stereocenters. The van der Waals surface area contributed by atoms with Crippen LogP contribution in [0.15, 0.2) is 12.5 Å². The monoisotopic (exact) mass is 307 g/mol. The summed E-state index contributed by atoms with van der Waals surface area (Å²) in [5.74, 6) is -0.0916. The van der Waals surface area contributed by atoms with Crippen LogP contribution < -0.4 is 5.73 Å². The standard InChI is InChI=1S/C17H29N3O2/c1-12-3-5-16(6-4-12)20-10-15(19-11-20)8-14(17(21)22)7-13(2)9-18/h10-14,16H,3-9,18H2,1-2H3,(H,21,22)/t12?,13-,14-,16?/m1/s1. The molecular formula is C17H29N3O2. The molecule has 5 heteroatoms. The third-order valence-electron chi connectivity index (χ3n) is 4.96. The van der Waals surface area contributed by atoms with E-state index < -0.39 is 11.9 Å². The minimum atomic E-state index is -0.749. The average molecular weight is 307 g/mol. The van der Waals surface area contributed by atoms with Gasteiger partial charge in [-0.3, -0.25) is 4.79 Å². The number of carbonyl (C=O) groups is 1. The Morgan fingerprint density at radius 3 is 2.73 bits per heavy atom. The van der Waals surface area contributed by atoms with Crippen LogP contribution in [0, 0.1) is 17.8 Å². The van der Waals surface area contributed by atoms with Crippen LogP contribution in [-0.2, 0) is 11.2 Å². The van der Waals surface area contributed by atoms with Crippen LogP contribution in [0.1, 0.15) is 57.7 Å². The van der Waals surface area contributed by atoms with Gasteiger partial charge in [0, 0.05) is 18.7 Å². The molecule has 3 N–H and O–H groups in total. The molecule has 1 aliphatic carbocycles. The summed E-state index contributed by atoms with van der Waals surface area (Å²) in [4.78, 5) is 15.9. The van der Waals surface area contributed by atoms with E-state index in [1.807, 2.05) is 19.4 Å². The maximum absolute atomic E-state index is 11.4. The summed E-state index contributed by atoms with van der Waals surface area (Å²) in [5.41, 5.74) is 6.50. The summed E-state index contributed by atoms with van der Waals surface area (Å²) in [7, 11) is 0. The lowest BCUT2D eigenvalue weighted by Gasteiger charge is -2.26. The van der Waals surface area contributed by atoms with E-state index in [4.69, 9.17) is 5.73 Å². The highest BCUT2D eigenvalue weighted by atomic mass is 16.4. The first-order valence-electron chi connectivity index (χ1n) is 8.44. The Morgan fingerprint density at radius 2 is 2.14 bits per heavy atom. The van der Waals surface area contributed by atoms with Crippen molar-refractivity contribution in [3.8, 4) is 0 Å². The Labute approximate surface area is 132 Å². The molecule has 2 rings (SSSR count). The molecule has 1 aliphatic rings. The number of imidazole rings is 1. The van der Waals surface area contributed by atoms with Gasteiger partial charge in [0.1, 0.15) is 0 Å².